The molecule has 1 atom stereocenters. The summed E-state index contributed by atoms with van der Waals surface area (Å²) in [6, 6.07) is 6.32. The summed E-state index contributed by atoms with van der Waals surface area (Å²) < 4.78 is 0. The first-order valence-electron chi connectivity index (χ1n) is 6.41. The first-order valence-corrected chi connectivity index (χ1v) is 6.41. The number of amides is 1. The third kappa shape index (κ3) is 2.38. The van der Waals surface area contributed by atoms with Gasteiger partial charge in [0.1, 0.15) is 0 Å². The molecule has 1 fully saturated rings. The minimum atomic E-state index is 0. The van der Waals surface area contributed by atoms with Crippen molar-refractivity contribution >= 4 is 18.3 Å². The minimum Gasteiger partial charge on any atom is -0.337 e. The lowest BCUT2D eigenvalue weighted by molar-refractivity contribution is 0.0791. The third-order valence-electron chi connectivity index (χ3n) is 3.86. The van der Waals surface area contributed by atoms with Gasteiger partial charge in [0.2, 0.25) is 0 Å². The molecule has 1 aliphatic heterocycles. The summed E-state index contributed by atoms with van der Waals surface area (Å²) >= 11 is 0. The number of nitrogens with zero attached hydrogens (tertiary/aromatic N) is 1. The fourth-order valence-corrected chi connectivity index (χ4v) is 2.86. The molecule has 4 heteroatoms. The Morgan fingerprint density at radius 2 is 2.06 bits per heavy atom. The highest BCUT2D eigenvalue weighted by atomic mass is 35.5. The van der Waals surface area contributed by atoms with Gasteiger partial charge in [-0.1, -0.05) is 6.07 Å². The van der Waals surface area contributed by atoms with E-state index in [9.17, 15) is 4.79 Å². The Bertz CT molecular complexity index is 461. The van der Waals surface area contributed by atoms with Crippen molar-refractivity contribution in [3.05, 3.63) is 34.9 Å². The van der Waals surface area contributed by atoms with Crippen LogP contribution < -0.4 is 5.73 Å². The summed E-state index contributed by atoms with van der Waals surface area (Å²) in [5.74, 6) is 0.146. The lowest BCUT2D eigenvalue weighted by Crippen LogP contribution is -2.31. The van der Waals surface area contributed by atoms with Crippen LogP contribution >= 0.6 is 12.4 Å². The van der Waals surface area contributed by atoms with Crippen molar-refractivity contribution in [2.24, 2.45) is 5.73 Å². The standard InChI is InChI=1S/C14H18N2O.ClH/c15-13-6-7-16(9-13)14(17)12-5-4-10-2-1-3-11(10)8-12;/h4-5,8,13H,1-3,6-7,9,15H2;1H. The van der Waals surface area contributed by atoms with Gasteiger partial charge in [0, 0.05) is 24.7 Å². The molecule has 3 rings (SSSR count). The van der Waals surface area contributed by atoms with E-state index in [0.717, 1.165) is 24.9 Å². The maximum absolute atomic E-state index is 12.3. The van der Waals surface area contributed by atoms with Crippen LogP contribution in [-0.4, -0.2) is 29.9 Å². The highest BCUT2D eigenvalue weighted by Gasteiger charge is 2.25. The van der Waals surface area contributed by atoms with Gasteiger partial charge in [0.05, 0.1) is 0 Å². The Kier molecular flexibility index (Phi) is 3.93. The molecular weight excluding hydrogens is 248 g/mol. The summed E-state index contributed by atoms with van der Waals surface area (Å²) in [7, 11) is 0. The summed E-state index contributed by atoms with van der Waals surface area (Å²) in [5.41, 5.74) is 9.45. The van der Waals surface area contributed by atoms with Gasteiger partial charge in [-0.3, -0.25) is 4.79 Å². The summed E-state index contributed by atoms with van der Waals surface area (Å²) in [6.07, 6.45) is 4.44. The number of benzene rings is 1. The molecule has 1 unspecified atom stereocenters. The maximum atomic E-state index is 12.3. The Morgan fingerprint density at radius 1 is 1.28 bits per heavy atom. The van der Waals surface area contributed by atoms with Crippen LogP contribution in [0, 0.1) is 0 Å². The van der Waals surface area contributed by atoms with Crippen LogP contribution in [0.25, 0.3) is 0 Å². The molecule has 98 valence electrons. The van der Waals surface area contributed by atoms with Crippen molar-refractivity contribution in [2.45, 2.75) is 31.7 Å². The SMILES string of the molecule is Cl.NC1CCN(C(=O)c2ccc3c(c2)CCC3)C1. The molecule has 0 spiro atoms. The maximum Gasteiger partial charge on any atom is 0.253 e. The number of hydrogen-bond acceptors (Lipinski definition) is 2. The van der Waals surface area contributed by atoms with E-state index in [4.69, 9.17) is 5.73 Å². The van der Waals surface area contributed by atoms with Crippen molar-refractivity contribution < 1.29 is 4.79 Å². The Hall–Kier alpha value is -1.06. The molecule has 0 bridgehead atoms. The lowest BCUT2D eigenvalue weighted by Gasteiger charge is -2.16. The van der Waals surface area contributed by atoms with Crippen LogP contribution in [0.1, 0.15) is 34.3 Å². The second kappa shape index (κ2) is 5.29. The molecule has 1 aromatic rings. The van der Waals surface area contributed by atoms with Crippen LogP contribution in [0.4, 0.5) is 0 Å². The molecule has 1 saturated heterocycles. The molecule has 1 aliphatic carbocycles. The van der Waals surface area contributed by atoms with Gasteiger partial charge >= 0.3 is 0 Å². The summed E-state index contributed by atoms with van der Waals surface area (Å²) in [5, 5.41) is 0. The van der Waals surface area contributed by atoms with Gasteiger partial charge in [-0.05, 0) is 48.9 Å². The molecular formula is C14H19ClN2O. The fraction of sp³-hybridized carbons (Fsp3) is 0.500. The van der Waals surface area contributed by atoms with E-state index in [1.165, 1.54) is 24.0 Å². The molecule has 2 aliphatic rings. The highest BCUT2D eigenvalue weighted by molar-refractivity contribution is 5.94. The van der Waals surface area contributed by atoms with E-state index in [1.807, 2.05) is 11.0 Å². The van der Waals surface area contributed by atoms with Gasteiger partial charge in [-0.15, -0.1) is 12.4 Å². The molecule has 1 heterocycles. The van der Waals surface area contributed by atoms with Gasteiger partial charge < -0.3 is 10.6 Å². The molecule has 0 radical (unpaired) electrons. The number of hydrogen-bond donors (Lipinski definition) is 1. The van der Waals surface area contributed by atoms with Crippen LogP contribution in [-0.2, 0) is 12.8 Å². The minimum absolute atomic E-state index is 0. The number of likely N-dealkylation sites (tertiary alicyclic amines) is 1. The molecule has 2 N–H and O–H groups in total. The van der Waals surface area contributed by atoms with Crippen molar-refractivity contribution in [1.82, 2.24) is 4.90 Å². The van der Waals surface area contributed by atoms with Gasteiger partial charge in [0.25, 0.3) is 5.91 Å². The molecule has 3 nitrogen and oxygen atoms in total. The highest BCUT2D eigenvalue weighted by Crippen LogP contribution is 2.24. The monoisotopic (exact) mass is 266 g/mol. The first-order chi connectivity index (χ1) is 8.24. The predicted octanol–water partition coefficient (Wildman–Crippen LogP) is 1.77. The summed E-state index contributed by atoms with van der Waals surface area (Å²) in [4.78, 5) is 14.1. The number of carbonyl (C=O) groups is 1. The lowest BCUT2D eigenvalue weighted by atomic mass is 10.1. The molecule has 1 amide bonds. The zero-order chi connectivity index (χ0) is 11.8. The van der Waals surface area contributed by atoms with Crippen molar-refractivity contribution in [2.75, 3.05) is 13.1 Å². The van der Waals surface area contributed by atoms with Crippen molar-refractivity contribution in [3.63, 3.8) is 0 Å². The zero-order valence-electron chi connectivity index (χ0n) is 10.4. The quantitative estimate of drug-likeness (QED) is 0.842. The number of aryl methyl sites for hydroxylation is 2. The number of carbonyl (C=O) groups excluding carboxylic acids is 1. The molecule has 18 heavy (non-hydrogen) atoms. The van der Waals surface area contributed by atoms with Crippen molar-refractivity contribution in [3.8, 4) is 0 Å². The van der Waals surface area contributed by atoms with Gasteiger partial charge in [-0.2, -0.15) is 0 Å². The van der Waals surface area contributed by atoms with Gasteiger partial charge in [-0.25, -0.2) is 0 Å². The van der Waals surface area contributed by atoms with Crippen molar-refractivity contribution in [1.29, 1.82) is 0 Å². The third-order valence-corrected chi connectivity index (χ3v) is 3.86. The Labute approximate surface area is 114 Å². The second-order valence-corrected chi connectivity index (χ2v) is 5.14. The average Bonchev–Trinajstić information content (AvgIpc) is 2.95. The van der Waals surface area contributed by atoms with Gasteiger partial charge in [0.15, 0.2) is 0 Å². The van der Waals surface area contributed by atoms with E-state index in [2.05, 4.69) is 12.1 Å². The molecule has 0 aromatic heterocycles. The average molecular weight is 267 g/mol. The van der Waals surface area contributed by atoms with Crippen LogP contribution in [0.15, 0.2) is 18.2 Å². The topological polar surface area (TPSA) is 46.3 Å². The first kappa shape index (κ1) is 13.4. The zero-order valence-corrected chi connectivity index (χ0v) is 11.2. The molecule has 0 saturated carbocycles. The van der Waals surface area contributed by atoms with E-state index in [1.54, 1.807) is 0 Å². The fourth-order valence-electron chi connectivity index (χ4n) is 2.86. The smallest absolute Gasteiger partial charge is 0.253 e. The van der Waals surface area contributed by atoms with E-state index in [-0.39, 0.29) is 24.4 Å². The van der Waals surface area contributed by atoms with E-state index >= 15 is 0 Å². The molecule has 1 aromatic carbocycles. The van der Waals surface area contributed by atoms with Crippen LogP contribution in [0.3, 0.4) is 0 Å². The normalized spacial score (nSPS) is 21.6. The number of rotatable bonds is 1. The second-order valence-electron chi connectivity index (χ2n) is 5.14. The summed E-state index contributed by atoms with van der Waals surface area (Å²) in [6.45, 7) is 1.51. The van der Waals surface area contributed by atoms with Crippen LogP contribution in [0.2, 0.25) is 0 Å². The van der Waals surface area contributed by atoms with E-state index in [0.29, 0.717) is 6.54 Å². The van der Waals surface area contributed by atoms with E-state index < -0.39 is 0 Å². The number of nitrogens with two attached hydrogens (primary N) is 1. The van der Waals surface area contributed by atoms with Crippen LogP contribution in [0.5, 0.6) is 0 Å². The predicted molar refractivity (Wildman–Crippen MR) is 74.2 cm³/mol. The number of fused-ring (bicyclic) bond motifs is 1. The number of halogens is 1. The largest absolute Gasteiger partial charge is 0.337 e. The Balaban J connectivity index is 0.00000120. The Morgan fingerprint density at radius 3 is 2.78 bits per heavy atom.